The summed E-state index contributed by atoms with van der Waals surface area (Å²) >= 11 is 0. The van der Waals surface area contributed by atoms with Crippen LogP contribution in [-0.2, 0) is 0 Å². The Morgan fingerprint density at radius 2 is 1.81 bits per heavy atom. The normalized spacial score (nSPS) is 11.7. The van der Waals surface area contributed by atoms with Gasteiger partial charge in [0, 0.05) is 13.1 Å². The minimum atomic E-state index is 0.601. The third kappa shape index (κ3) is 9.32. The van der Waals surface area contributed by atoms with Gasteiger partial charge in [-0.2, -0.15) is 5.26 Å². The maximum Gasteiger partial charge on any atom is 0.204 e. The Bertz CT molecular complexity index is 238. The van der Waals surface area contributed by atoms with E-state index in [-0.39, 0.29) is 0 Å². The second-order valence-electron chi connectivity index (χ2n) is 4.76. The highest BCUT2D eigenvalue weighted by Gasteiger charge is 1.99. The molecule has 16 heavy (non-hydrogen) atoms. The zero-order valence-electron chi connectivity index (χ0n) is 10.9. The standard InChI is InChI=1S/C12H24N4/c1-10(2)5-7-14-12(16-9-13)15-8-6-11(3)4/h10-11H,5-8H2,1-4H3,(H2,14,15,16). The van der Waals surface area contributed by atoms with Crippen molar-refractivity contribution in [3.05, 3.63) is 0 Å². The van der Waals surface area contributed by atoms with Crippen molar-refractivity contribution in [2.75, 3.05) is 13.1 Å². The number of nitrogens with zero attached hydrogens (tertiary/aromatic N) is 2. The molecular weight excluding hydrogens is 200 g/mol. The summed E-state index contributed by atoms with van der Waals surface area (Å²) in [5.41, 5.74) is 0. The lowest BCUT2D eigenvalue weighted by atomic mass is 10.1. The van der Waals surface area contributed by atoms with Gasteiger partial charge in [-0.25, -0.2) is 0 Å². The first-order valence-corrected chi connectivity index (χ1v) is 5.99. The monoisotopic (exact) mass is 224 g/mol. The minimum Gasteiger partial charge on any atom is -0.356 e. The highest BCUT2D eigenvalue weighted by Crippen LogP contribution is 1.99. The summed E-state index contributed by atoms with van der Waals surface area (Å²) in [4.78, 5) is 4.32. The summed E-state index contributed by atoms with van der Waals surface area (Å²) < 4.78 is 0. The van der Waals surface area contributed by atoms with Gasteiger partial charge in [0.25, 0.3) is 0 Å². The van der Waals surface area contributed by atoms with Crippen molar-refractivity contribution in [1.29, 1.82) is 5.26 Å². The molecule has 0 aliphatic rings. The molecule has 0 aromatic rings. The molecule has 0 fully saturated rings. The SMILES string of the molecule is CC(C)CC/N=C(/NC#N)NCCC(C)C. The first-order chi connectivity index (χ1) is 7.56. The van der Waals surface area contributed by atoms with E-state index in [0.29, 0.717) is 17.8 Å². The molecule has 4 nitrogen and oxygen atoms in total. The van der Waals surface area contributed by atoms with E-state index in [1.807, 2.05) is 6.19 Å². The molecule has 0 saturated heterocycles. The molecule has 0 aliphatic carbocycles. The summed E-state index contributed by atoms with van der Waals surface area (Å²) in [7, 11) is 0. The molecule has 0 aromatic heterocycles. The Morgan fingerprint density at radius 1 is 1.19 bits per heavy atom. The smallest absolute Gasteiger partial charge is 0.204 e. The lowest BCUT2D eigenvalue weighted by molar-refractivity contribution is 0.572. The molecular formula is C12H24N4. The predicted molar refractivity (Wildman–Crippen MR) is 68.0 cm³/mol. The van der Waals surface area contributed by atoms with Crippen LogP contribution in [-0.4, -0.2) is 19.0 Å². The number of hydrogen-bond acceptors (Lipinski definition) is 2. The van der Waals surface area contributed by atoms with Gasteiger partial charge in [0.1, 0.15) is 0 Å². The Hall–Kier alpha value is -1.24. The van der Waals surface area contributed by atoms with Gasteiger partial charge < -0.3 is 5.32 Å². The Balaban J connectivity index is 3.91. The Labute approximate surface area is 99.1 Å². The van der Waals surface area contributed by atoms with Crippen molar-refractivity contribution < 1.29 is 0 Å². The van der Waals surface area contributed by atoms with Gasteiger partial charge >= 0.3 is 0 Å². The van der Waals surface area contributed by atoms with Crippen LogP contribution in [0.4, 0.5) is 0 Å². The molecule has 0 amide bonds. The van der Waals surface area contributed by atoms with Crippen LogP contribution >= 0.6 is 0 Å². The van der Waals surface area contributed by atoms with E-state index >= 15 is 0 Å². The van der Waals surface area contributed by atoms with Crippen molar-refractivity contribution in [3.63, 3.8) is 0 Å². The Morgan fingerprint density at radius 3 is 2.31 bits per heavy atom. The lowest BCUT2D eigenvalue weighted by Crippen LogP contribution is -2.35. The molecule has 0 aromatic carbocycles. The van der Waals surface area contributed by atoms with E-state index in [4.69, 9.17) is 5.26 Å². The van der Waals surface area contributed by atoms with Crippen LogP contribution in [0.1, 0.15) is 40.5 Å². The third-order valence-electron chi connectivity index (χ3n) is 2.16. The number of nitrogens with one attached hydrogen (secondary N) is 2. The van der Waals surface area contributed by atoms with Crippen molar-refractivity contribution in [3.8, 4) is 6.19 Å². The van der Waals surface area contributed by atoms with E-state index in [0.717, 1.165) is 25.9 Å². The van der Waals surface area contributed by atoms with Gasteiger partial charge in [0.15, 0.2) is 6.19 Å². The fourth-order valence-electron chi connectivity index (χ4n) is 1.11. The summed E-state index contributed by atoms with van der Waals surface area (Å²) in [6.07, 6.45) is 4.02. The number of aliphatic imine (C=N–C) groups is 1. The fraction of sp³-hybridized carbons (Fsp3) is 0.833. The molecule has 4 heteroatoms. The van der Waals surface area contributed by atoms with Crippen molar-refractivity contribution in [1.82, 2.24) is 10.6 Å². The van der Waals surface area contributed by atoms with Crippen LogP contribution in [0.15, 0.2) is 4.99 Å². The minimum absolute atomic E-state index is 0.601. The van der Waals surface area contributed by atoms with Gasteiger partial charge in [-0.1, -0.05) is 27.7 Å². The fourth-order valence-corrected chi connectivity index (χ4v) is 1.11. The average molecular weight is 224 g/mol. The molecule has 92 valence electrons. The molecule has 0 spiro atoms. The highest BCUT2D eigenvalue weighted by atomic mass is 15.2. The van der Waals surface area contributed by atoms with E-state index in [1.54, 1.807) is 0 Å². The lowest BCUT2D eigenvalue weighted by Gasteiger charge is -2.09. The van der Waals surface area contributed by atoms with E-state index in [2.05, 4.69) is 43.3 Å². The largest absolute Gasteiger partial charge is 0.356 e. The van der Waals surface area contributed by atoms with Crippen LogP contribution in [0, 0.1) is 23.3 Å². The molecule has 0 saturated carbocycles. The van der Waals surface area contributed by atoms with Crippen LogP contribution in [0.2, 0.25) is 0 Å². The molecule has 2 N–H and O–H groups in total. The molecule has 0 heterocycles. The van der Waals surface area contributed by atoms with Crippen LogP contribution in [0.5, 0.6) is 0 Å². The molecule has 0 rings (SSSR count). The first kappa shape index (κ1) is 14.8. The maximum absolute atomic E-state index is 8.57. The van der Waals surface area contributed by atoms with Gasteiger partial charge in [-0.15, -0.1) is 0 Å². The third-order valence-corrected chi connectivity index (χ3v) is 2.16. The molecule has 0 aliphatic heterocycles. The van der Waals surface area contributed by atoms with Gasteiger partial charge in [0.2, 0.25) is 5.96 Å². The Kier molecular flexibility index (Phi) is 8.32. The zero-order valence-corrected chi connectivity index (χ0v) is 10.9. The predicted octanol–water partition coefficient (Wildman–Crippen LogP) is 2.09. The zero-order chi connectivity index (χ0) is 12.4. The van der Waals surface area contributed by atoms with Gasteiger partial charge in [0.05, 0.1) is 0 Å². The molecule has 0 bridgehead atoms. The summed E-state index contributed by atoms with van der Waals surface area (Å²) in [6.45, 7) is 10.3. The first-order valence-electron chi connectivity index (χ1n) is 5.99. The average Bonchev–Trinajstić information content (AvgIpc) is 2.16. The van der Waals surface area contributed by atoms with E-state index < -0.39 is 0 Å². The van der Waals surface area contributed by atoms with Crippen LogP contribution in [0.25, 0.3) is 0 Å². The van der Waals surface area contributed by atoms with Gasteiger partial charge in [-0.3, -0.25) is 10.3 Å². The number of nitriles is 1. The molecule has 0 atom stereocenters. The quantitative estimate of drug-likeness (QED) is 0.314. The number of guanidine groups is 1. The number of hydrogen-bond donors (Lipinski definition) is 2. The maximum atomic E-state index is 8.57. The summed E-state index contributed by atoms with van der Waals surface area (Å²) in [5, 5.41) is 14.3. The van der Waals surface area contributed by atoms with Crippen molar-refractivity contribution in [2.45, 2.75) is 40.5 Å². The van der Waals surface area contributed by atoms with Crippen LogP contribution < -0.4 is 10.6 Å². The number of rotatable bonds is 6. The van der Waals surface area contributed by atoms with Crippen molar-refractivity contribution in [2.24, 2.45) is 16.8 Å². The van der Waals surface area contributed by atoms with E-state index in [1.165, 1.54) is 0 Å². The van der Waals surface area contributed by atoms with E-state index in [9.17, 15) is 0 Å². The molecule has 0 unspecified atom stereocenters. The summed E-state index contributed by atoms with van der Waals surface area (Å²) in [6, 6.07) is 0. The topological polar surface area (TPSA) is 60.2 Å². The van der Waals surface area contributed by atoms with Gasteiger partial charge in [-0.05, 0) is 24.7 Å². The second kappa shape index (κ2) is 9.02. The van der Waals surface area contributed by atoms with Crippen molar-refractivity contribution >= 4 is 5.96 Å². The van der Waals surface area contributed by atoms with Crippen LogP contribution in [0.3, 0.4) is 0 Å². The molecule has 0 radical (unpaired) electrons. The summed E-state index contributed by atoms with van der Waals surface area (Å²) in [5.74, 6) is 1.90. The second-order valence-corrected chi connectivity index (χ2v) is 4.76. The highest BCUT2D eigenvalue weighted by molar-refractivity contribution is 5.81.